The van der Waals surface area contributed by atoms with Crippen molar-refractivity contribution in [2.24, 2.45) is 11.7 Å². The van der Waals surface area contributed by atoms with Gasteiger partial charge >= 0.3 is 6.03 Å². The minimum atomic E-state index is -0.753. The number of rotatable bonds is 9. The Hall–Kier alpha value is -2.32. The van der Waals surface area contributed by atoms with Gasteiger partial charge in [0.1, 0.15) is 12.1 Å². The second-order valence-electron chi connectivity index (χ2n) is 5.53. The summed E-state index contributed by atoms with van der Waals surface area (Å²) in [6.45, 7) is 21.2. The zero-order valence-corrected chi connectivity index (χ0v) is 22.1. The van der Waals surface area contributed by atoms with Crippen molar-refractivity contribution in [3.63, 3.8) is 0 Å². The summed E-state index contributed by atoms with van der Waals surface area (Å²) in [6, 6.07) is -2.11. The molecule has 0 radical (unpaired) electrons. The van der Waals surface area contributed by atoms with E-state index in [2.05, 4.69) is 21.3 Å². The molecule has 188 valence electrons. The topological polar surface area (TPSA) is 142 Å². The molecule has 0 saturated carbocycles. The van der Waals surface area contributed by atoms with Crippen molar-refractivity contribution in [1.29, 1.82) is 0 Å². The molecular formula is C22H51N5O4. The van der Waals surface area contributed by atoms with Gasteiger partial charge < -0.3 is 27.0 Å². The average Bonchev–Trinajstić information content (AvgIpc) is 2.78. The normalized spacial score (nSPS) is 10.4. The van der Waals surface area contributed by atoms with Crippen molar-refractivity contribution in [1.82, 2.24) is 21.3 Å². The van der Waals surface area contributed by atoms with E-state index in [0.29, 0.717) is 19.4 Å². The molecule has 0 aliphatic carbocycles. The highest BCUT2D eigenvalue weighted by Gasteiger charge is 2.27. The third-order valence-corrected chi connectivity index (χ3v) is 3.16. The Morgan fingerprint density at radius 3 is 1.58 bits per heavy atom. The Morgan fingerprint density at radius 2 is 1.26 bits per heavy atom. The van der Waals surface area contributed by atoms with Crippen LogP contribution in [0.5, 0.6) is 0 Å². The van der Waals surface area contributed by atoms with Crippen molar-refractivity contribution in [3.05, 3.63) is 0 Å². The zero-order chi connectivity index (χ0) is 26.0. The van der Waals surface area contributed by atoms with E-state index in [1.54, 1.807) is 13.8 Å². The summed E-state index contributed by atoms with van der Waals surface area (Å²) < 4.78 is 0. The molecule has 0 aromatic heterocycles. The first kappa shape index (κ1) is 39.2. The molecule has 9 heteroatoms. The number of likely N-dealkylation sites (N-methyl/N-ethyl adjacent to an activating group) is 1. The van der Waals surface area contributed by atoms with Gasteiger partial charge in [0.05, 0.1) is 0 Å². The van der Waals surface area contributed by atoms with Gasteiger partial charge in [0.2, 0.25) is 17.7 Å². The van der Waals surface area contributed by atoms with Crippen LogP contribution in [-0.4, -0.2) is 49.4 Å². The Bertz CT molecular complexity index is 444. The molecule has 5 amide bonds. The van der Waals surface area contributed by atoms with Gasteiger partial charge in [0, 0.05) is 20.5 Å². The van der Waals surface area contributed by atoms with E-state index < -0.39 is 24.0 Å². The highest BCUT2D eigenvalue weighted by molar-refractivity contribution is 5.91. The maximum atomic E-state index is 12.3. The lowest BCUT2D eigenvalue weighted by molar-refractivity contribution is -0.132. The number of hydrogen-bond acceptors (Lipinski definition) is 4. The van der Waals surface area contributed by atoms with Crippen LogP contribution in [0.3, 0.4) is 0 Å². The van der Waals surface area contributed by atoms with Gasteiger partial charge in [0.25, 0.3) is 0 Å². The molecule has 0 rings (SSSR count). The first-order valence-electron chi connectivity index (χ1n) is 11.5. The third kappa shape index (κ3) is 25.6. The number of nitrogens with one attached hydrogen (secondary N) is 4. The van der Waals surface area contributed by atoms with E-state index in [9.17, 15) is 19.2 Å². The molecule has 0 heterocycles. The standard InChI is InChI=1S/C14H27N5O4.4C2H6/c1-8(2)11(18-9(3)20)13(22)19-10(12(21)16-4)6-5-7-17-14(15)23;4*1-2/h8,10-11H,5-7H2,1-4H3,(H,16,21)(H,18,20)(H,19,22)(H3,15,17,23);4*1-2H3. The Kier molecular flexibility index (Phi) is 37.8. The Morgan fingerprint density at radius 1 is 0.806 bits per heavy atom. The van der Waals surface area contributed by atoms with E-state index in [0.717, 1.165) is 0 Å². The lowest BCUT2D eigenvalue weighted by atomic mass is 10.0. The summed E-state index contributed by atoms with van der Waals surface area (Å²) in [5.41, 5.74) is 4.96. The highest BCUT2D eigenvalue weighted by Crippen LogP contribution is 2.04. The van der Waals surface area contributed by atoms with Gasteiger partial charge in [-0.25, -0.2) is 4.79 Å². The number of urea groups is 1. The zero-order valence-electron chi connectivity index (χ0n) is 22.1. The number of carbonyl (C=O) groups excluding carboxylic acids is 4. The number of amides is 5. The molecule has 2 unspecified atom stereocenters. The van der Waals surface area contributed by atoms with Gasteiger partial charge in [-0.2, -0.15) is 0 Å². The van der Waals surface area contributed by atoms with Crippen molar-refractivity contribution in [2.45, 2.75) is 101 Å². The van der Waals surface area contributed by atoms with Crippen molar-refractivity contribution < 1.29 is 19.2 Å². The number of primary amides is 1. The second-order valence-corrected chi connectivity index (χ2v) is 5.53. The SMILES string of the molecule is CC.CC.CC.CC.CNC(=O)C(CCCNC(N)=O)NC(=O)C(NC(C)=O)C(C)C. The maximum absolute atomic E-state index is 12.3. The maximum Gasteiger partial charge on any atom is 0.312 e. The molecule has 0 spiro atoms. The molecule has 6 N–H and O–H groups in total. The van der Waals surface area contributed by atoms with Crippen LogP contribution in [0.1, 0.15) is 89.0 Å². The van der Waals surface area contributed by atoms with Crippen LogP contribution in [0, 0.1) is 5.92 Å². The van der Waals surface area contributed by atoms with E-state index in [1.807, 2.05) is 55.4 Å². The Balaban J connectivity index is -0.000000250. The average molecular weight is 450 g/mol. The molecule has 0 aliphatic heterocycles. The molecule has 9 nitrogen and oxygen atoms in total. The van der Waals surface area contributed by atoms with Gasteiger partial charge in [-0.1, -0.05) is 69.2 Å². The summed E-state index contributed by atoms with van der Waals surface area (Å²) in [4.78, 5) is 46.0. The first-order valence-corrected chi connectivity index (χ1v) is 11.5. The minimum absolute atomic E-state index is 0.124. The molecule has 31 heavy (non-hydrogen) atoms. The van der Waals surface area contributed by atoms with Crippen LogP contribution in [0.2, 0.25) is 0 Å². The van der Waals surface area contributed by atoms with Crippen LogP contribution in [0.4, 0.5) is 4.79 Å². The fourth-order valence-corrected chi connectivity index (χ4v) is 1.98. The smallest absolute Gasteiger partial charge is 0.312 e. The predicted molar refractivity (Wildman–Crippen MR) is 131 cm³/mol. The molecule has 0 fully saturated rings. The lowest BCUT2D eigenvalue weighted by Crippen LogP contribution is -2.54. The molecule has 2 atom stereocenters. The van der Waals surface area contributed by atoms with Gasteiger partial charge in [0.15, 0.2) is 0 Å². The molecule has 0 saturated heterocycles. The molecular weight excluding hydrogens is 398 g/mol. The summed E-state index contributed by atoms with van der Waals surface area (Å²) in [5, 5.41) is 10.1. The van der Waals surface area contributed by atoms with Crippen LogP contribution in [0.15, 0.2) is 0 Å². The fraction of sp³-hybridized carbons (Fsp3) is 0.818. The van der Waals surface area contributed by atoms with Crippen LogP contribution >= 0.6 is 0 Å². The van der Waals surface area contributed by atoms with Crippen LogP contribution < -0.4 is 27.0 Å². The molecule has 0 aromatic carbocycles. The minimum Gasteiger partial charge on any atom is -0.357 e. The predicted octanol–water partition coefficient (Wildman–Crippen LogP) is 2.93. The molecule has 0 bridgehead atoms. The summed E-state index contributed by atoms with van der Waals surface area (Å²) >= 11 is 0. The number of carbonyl (C=O) groups is 4. The molecule has 0 aliphatic rings. The van der Waals surface area contributed by atoms with Gasteiger partial charge in [-0.3, -0.25) is 14.4 Å². The van der Waals surface area contributed by atoms with Crippen LogP contribution in [-0.2, 0) is 14.4 Å². The molecule has 0 aromatic rings. The summed E-state index contributed by atoms with van der Waals surface area (Å²) in [5.74, 6) is -1.21. The quantitative estimate of drug-likeness (QED) is 0.345. The number of hydrogen-bond donors (Lipinski definition) is 5. The van der Waals surface area contributed by atoms with E-state index in [-0.39, 0.29) is 17.7 Å². The lowest BCUT2D eigenvalue weighted by Gasteiger charge is -2.24. The van der Waals surface area contributed by atoms with Crippen molar-refractivity contribution in [3.8, 4) is 0 Å². The Labute approximate surface area is 191 Å². The number of nitrogens with two attached hydrogens (primary N) is 1. The van der Waals surface area contributed by atoms with Gasteiger partial charge in [-0.05, 0) is 18.8 Å². The third-order valence-electron chi connectivity index (χ3n) is 3.16. The van der Waals surface area contributed by atoms with Crippen LogP contribution in [0.25, 0.3) is 0 Å². The van der Waals surface area contributed by atoms with Crippen molar-refractivity contribution >= 4 is 23.8 Å². The largest absolute Gasteiger partial charge is 0.357 e. The van der Waals surface area contributed by atoms with Gasteiger partial charge in [-0.15, -0.1) is 0 Å². The summed E-state index contributed by atoms with van der Waals surface area (Å²) in [7, 11) is 1.47. The van der Waals surface area contributed by atoms with E-state index >= 15 is 0 Å². The second kappa shape index (κ2) is 29.9. The summed E-state index contributed by atoms with van der Waals surface area (Å²) in [6.07, 6.45) is 0.796. The first-order chi connectivity index (χ1) is 14.7. The monoisotopic (exact) mass is 449 g/mol. The van der Waals surface area contributed by atoms with E-state index in [4.69, 9.17) is 5.73 Å². The highest BCUT2D eigenvalue weighted by atomic mass is 16.2. The van der Waals surface area contributed by atoms with E-state index in [1.165, 1.54) is 14.0 Å². The van der Waals surface area contributed by atoms with Crippen molar-refractivity contribution in [2.75, 3.05) is 13.6 Å². The fourth-order valence-electron chi connectivity index (χ4n) is 1.98.